The van der Waals surface area contributed by atoms with Gasteiger partial charge in [-0.15, -0.1) is 0 Å². The molecule has 2 aliphatic rings. The topological polar surface area (TPSA) is 203 Å². The Bertz CT molecular complexity index is 491. The largest absolute Gasteiger partial charge is 0.790 e. The van der Waals surface area contributed by atoms with Gasteiger partial charge >= 0.3 is 6.03 Å². The van der Waals surface area contributed by atoms with Crippen molar-refractivity contribution in [2.75, 3.05) is 13.2 Å². The van der Waals surface area contributed by atoms with Gasteiger partial charge in [-0.3, -0.25) is 15.0 Å². The molecular formula is C9H15N2Na2O10P-2. The van der Waals surface area contributed by atoms with Gasteiger partial charge in [-0.05, 0) is 0 Å². The Balaban J connectivity index is 0. The van der Waals surface area contributed by atoms with Crippen molar-refractivity contribution in [2.24, 2.45) is 0 Å². The molecule has 15 heteroatoms. The van der Waals surface area contributed by atoms with Crippen molar-refractivity contribution in [3.63, 3.8) is 0 Å². The Hall–Kier alpha value is 0.890. The Morgan fingerprint density at radius 1 is 1.29 bits per heavy atom. The number of aliphatic hydroxyl groups is 2. The molecule has 2 heterocycles. The number of rotatable bonds is 4. The number of urea groups is 1. The molecule has 2 saturated heterocycles. The molecule has 0 aromatic carbocycles. The van der Waals surface area contributed by atoms with Crippen LogP contribution in [-0.4, -0.2) is 129 Å². The van der Waals surface area contributed by atoms with E-state index >= 15 is 0 Å². The maximum absolute atomic E-state index is 11.6. The van der Waals surface area contributed by atoms with Crippen molar-refractivity contribution in [3.05, 3.63) is 0 Å². The Labute approximate surface area is 181 Å². The van der Waals surface area contributed by atoms with Crippen LogP contribution in [0.2, 0.25) is 0 Å². The van der Waals surface area contributed by atoms with E-state index in [1.807, 2.05) is 5.32 Å². The molecule has 4 atom stereocenters. The summed E-state index contributed by atoms with van der Waals surface area (Å²) in [6, 6.07) is -0.803. The number of carbonyl (C=O) groups excluding carboxylic acids is 2. The predicted octanol–water partition coefficient (Wildman–Crippen LogP) is -5.37. The molecule has 24 heavy (non-hydrogen) atoms. The first-order valence-electron chi connectivity index (χ1n) is 5.97. The van der Waals surface area contributed by atoms with E-state index in [0.29, 0.717) is 0 Å². The number of amides is 3. The second-order valence-corrected chi connectivity index (χ2v) is 5.74. The van der Waals surface area contributed by atoms with Crippen molar-refractivity contribution in [2.45, 2.75) is 31.0 Å². The molecule has 0 unspecified atom stereocenters. The fourth-order valence-corrected chi connectivity index (χ4v) is 2.44. The van der Waals surface area contributed by atoms with Crippen LogP contribution in [0.15, 0.2) is 0 Å². The van der Waals surface area contributed by atoms with Gasteiger partial charge < -0.3 is 39.3 Å². The molecule has 0 aromatic heterocycles. The monoisotopic (exact) mass is 388 g/mol. The molecule has 130 valence electrons. The minimum atomic E-state index is -5.25. The number of nitrogens with one attached hydrogen (secondary N) is 1. The Morgan fingerprint density at radius 2 is 1.88 bits per heavy atom. The van der Waals surface area contributed by atoms with E-state index in [1.165, 1.54) is 0 Å². The van der Waals surface area contributed by atoms with Crippen molar-refractivity contribution in [1.82, 2.24) is 10.2 Å². The predicted molar refractivity (Wildman–Crippen MR) is 74.2 cm³/mol. The molecule has 0 spiro atoms. The summed E-state index contributed by atoms with van der Waals surface area (Å²) in [6.45, 7) is -0.818. The number of aliphatic hydroxyl groups excluding tert-OH is 2. The maximum atomic E-state index is 11.6. The molecule has 2 aliphatic heterocycles. The normalized spacial score (nSPS) is 29.9. The smallest absolute Gasteiger partial charge is 0.326 e. The van der Waals surface area contributed by atoms with Crippen LogP contribution in [0.1, 0.15) is 6.42 Å². The van der Waals surface area contributed by atoms with Gasteiger partial charge in [0, 0.05) is 72.1 Å². The van der Waals surface area contributed by atoms with E-state index in [2.05, 4.69) is 4.52 Å². The fourth-order valence-electron chi connectivity index (χ4n) is 2.11. The van der Waals surface area contributed by atoms with Gasteiger partial charge in [-0.1, -0.05) is 0 Å². The number of hydrogen-bond donors (Lipinski definition) is 3. The van der Waals surface area contributed by atoms with Gasteiger partial charge in [-0.25, -0.2) is 4.79 Å². The third-order valence-corrected chi connectivity index (χ3v) is 3.59. The van der Waals surface area contributed by atoms with Crippen LogP contribution in [0.5, 0.6) is 0 Å². The molecule has 12 nitrogen and oxygen atoms in total. The second-order valence-electron chi connectivity index (χ2n) is 4.59. The zero-order valence-corrected chi connectivity index (χ0v) is 18.0. The van der Waals surface area contributed by atoms with Crippen LogP contribution in [0.4, 0.5) is 4.79 Å². The Kier molecular flexibility index (Phi) is 12.3. The number of nitrogens with zero attached hydrogens (tertiary/aromatic N) is 1. The summed E-state index contributed by atoms with van der Waals surface area (Å²) in [5, 5.41) is 21.6. The third-order valence-electron chi connectivity index (χ3n) is 3.13. The molecule has 0 aliphatic carbocycles. The summed E-state index contributed by atoms with van der Waals surface area (Å²) < 4.78 is 19.5. The standard InChI is InChI=1S/C9H15N2O9P.2Na.H2O/c12-5-1-2-11(9(15)10-5)8-7(14)6(13)4(20-8)3-19-21(16,17)18;;;/h4,6-8,13-14H,1-3H2,(H,10,12,15)(H2,16,17,18);;;1H2/p-2/t4-,6-,7-,8-;;;/m1.../s1. The van der Waals surface area contributed by atoms with E-state index in [4.69, 9.17) is 4.74 Å². The number of carbonyl (C=O) groups is 2. The zero-order chi connectivity index (χ0) is 15.8. The second kappa shape index (κ2) is 10.9. The molecule has 2 fully saturated rings. The zero-order valence-electron chi connectivity index (χ0n) is 13.1. The maximum Gasteiger partial charge on any atom is 0.326 e. The van der Waals surface area contributed by atoms with Gasteiger partial charge in [0.25, 0.3) is 0 Å². The minimum Gasteiger partial charge on any atom is -0.790 e. The van der Waals surface area contributed by atoms with Gasteiger partial charge in [0.2, 0.25) is 5.91 Å². The van der Waals surface area contributed by atoms with Crippen molar-refractivity contribution in [3.8, 4) is 0 Å². The van der Waals surface area contributed by atoms with Crippen LogP contribution in [-0.2, 0) is 18.6 Å². The molecule has 5 N–H and O–H groups in total. The van der Waals surface area contributed by atoms with Gasteiger partial charge in [0.05, 0.1) is 14.4 Å². The van der Waals surface area contributed by atoms with E-state index in [-0.39, 0.29) is 77.6 Å². The van der Waals surface area contributed by atoms with Crippen LogP contribution < -0.4 is 15.1 Å². The number of phosphoric ester groups is 1. The first-order chi connectivity index (χ1) is 9.69. The number of imide groups is 1. The van der Waals surface area contributed by atoms with Crippen molar-refractivity contribution < 1.29 is 48.9 Å². The van der Waals surface area contributed by atoms with E-state index < -0.39 is 50.9 Å². The summed E-state index contributed by atoms with van der Waals surface area (Å²) in [7, 11) is -5.25. The molecule has 2 rings (SSSR count). The number of phosphoric acid groups is 1. The molecule has 2 radical (unpaired) electrons. The molecule has 3 amide bonds. The molecule has 0 saturated carbocycles. The number of hydrogen-bond acceptors (Lipinski definition) is 9. The van der Waals surface area contributed by atoms with E-state index in [1.54, 1.807) is 0 Å². The minimum absolute atomic E-state index is 0. The van der Waals surface area contributed by atoms with Crippen LogP contribution in [0.25, 0.3) is 0 Å². The SMILES string of the molecule is O.O=C1CCN([C@@H]2O[C@H](COP(=O)([O-])[O-])[C@@H](O)[C@H]2O)C(=O)N1.[Na].[Na]. The average Bonchev–Trinajstić information content (AvgIpc) is 2.64. The molecule has 0 aromatic rings. The van der Waals surface area contributed by atoms with Crippen molar-refractivity contribution in [1.29, 1.82) is 0 Å². The Morgan fingerprint density at radius 3 is 2.38 bits per heavy atom. The first kappa shape index (κ1) is 27.1. The van der Waals surface area contributed by atoms with Crippen LogP contribution in [0, 0.1) is 0 Å². The van der Waals surface area contributed by atoms with E-state index in [0.717, 1.165) is 4.90 Å². The molecular weight excluding hydrogens is 373 g/mol. The van der Waals surface area contributed by atoms with Gasteiger partial charge in [-0.2, -0.15) is 0 Å². The third kappa shape index (κ3) is 6.89. The first-order valence-corrected chi connectivity index (χ1v) is 7.44. The average molecular weight is 388 g/mol. The quantitative estimate of drug-likeness (QED) is 0.310. The summed E-state index contributed by atoms with van der Waals surface area (Å²) in [5.41, 5.74) is 0. The van der Waals surface area contributed by atoms with Gasteiger partial charge in [0.1, 0.15) is 18.3 Å². The summed E-state index contributed by atoms with van der Waals surface area (Å²) in [6.07, 6.45) is -5.67. The van der Waals surface area contributed by atoms with Gasteiger partial charge in [0.15, 0.2) is 6.23 Å². The number of ether oxygens (including phenoxy) is 1. The van der Waals surface area contributed by atoms with Crippen LogP contribution >= 0.6 is 7.82 Å². The fraction of sp³-hybridized carbons (Fsp3) is 0.778. The van der Waals surface area contributed by atoms with Crippen LogP contribution in [0.3, 0.4) is 0 Å². The van der Waals surface area contributed by atoms with Crippen molar-refractivity contribution >= 4 is 78.9 Å². The van der Waals surface area contributed by atoms with E-state index in [9.17, 15) is 34.2 Å². The summed E-state index contributed by atoms with van der Waals surface area (Å²) in [4.78, 5) is 44.4. The molecule has 0 bridgehead atoms. The summed E-state index contributed by atoms with van der Waals surface area (Å²) in [5.74, 6) is -0.484. The summed E-state index contributed by atoms with van der Waals surface area (Å²) >= 11 is 0.